The lowest BCUT2D eigenvalue weighted by Crippen LogP contribution is -2.40. The Kier molecular flexibility index (Phi) is 3.63. The third-order valence-corrected chi connectivity index (χ3v) is 3.77. The van der Waals surface area contributed by atoms with E-state index in [1.54, 1.807) is 25.5 Å². The van der Waals surface area contributed by atoms with Crippen molar-refractivity contribution < 1.29 is 9.59 Å². The van der Waals surface area contributed by atoms with Crippen LogP contribution in [-0.2, 0) is 17.9 Å². The van der Waals surface area contributed by atoms with Crippen LogP contribution in [0.15, 0.2) is 30.3 Å². The maximum absolute atomic E-state index is 12.3. The minimum atomic E-state index is -0.879. The van der Waals surface area contributed by atoms with Gasteiger partial charge in [-0.1, -0.05) is 30.3 Å². The molecule has 1 aromatic carbocycles. The van der Waals surface area contributed by atoms with Crippen LogP contribution in [0.25, 0.3) is 0 Å². The first-order valence-corrected chi connectivity index (χ1v) is 7.45. The van der Waals surface area contributed by atoms with Crippen LogP contribution in [0.1, 0.15) is 31.1 Å². The Morgan fingerprint density at radius 1 is 1.13 bits per heavy atom. The number of carbonyl (C=O) groups excluding carboxylic acids is 2. The van der Waals surface area contributed by atoms with Gasteiger partial charge in [0.25, 0.3) is 5.91 Å². The van der Waals surface area contributed by atoms with Gasteiger partial charge in [-0.05, 0) is 26.3 Å². The van der Waals surface area contributed by atoms with E-state index >= 15 is 0 Å². The zero-order chi connectivity index (χ0) is 16.6. The molecule has 0 aliphatic carbocycles. The van der Waals surface area contributed by atoms with E-state index in [0.717, 1.165) is 5.56 Å². The number of nitrogens with zero attached hydrogens (tertiary/aromatic N) is 4. The number of hydrogen-bond donors (Lipinski definition) is 1. The maximum atomic E-state index is 12.3. The van der Waals surface area contributed by atoms with Crippen LogP contribution in [0.5, 0.6) is 0 Å². The van der Waals surface area contributed by atoms with E-state index < -0.39 is 11.6 Å². The molecule has 2 heterocycles. The van der Waals surface area contributed by atoms with Crippen molar-refractivity contribution in [3.05, 3.63) is 47.5 Å². The van der Waals surface area contributed by atoms with Crippen molar-refractivity contribution >= 4 is 11.9 Å². The second-order valence-corrected chi connectivity index (χ2v) is 6.16. The number of imide groups is 1. The van der Waals surface area contributed by atoms with Crippen molar-refractivity contribution in [1.29, 1.82) is 0 Å². The Morgan fingerprint density at radius 2 is 1.83 bits per heavy atom. The van der Waals surface area contributed by atoms with Crippen molar-refractivity contribution in [1.82, 2.24) is 25.0 Å². The molecule has 23 heavy (non-hydrogen) atoms. The first-order valence-electron chi connectivity index (χ1n) is 7.45. The molecule has 1 fully saturated rings. The number of aromatic nitrogens is 3. The van der Waals surface area contributed by atoms with Crippen molar-refractivity contribution in [3.8, 4) is 0 Å². The topological polar surface area (TPSA) is 80.1 Å². The van der Waals surface area contributed by atoms with Crippen molar-refractivity contribution in [3.63, 3.8) is 0 Å². The van der Waals surface area contributed by atoms with E-state index in [0.29, 0.717) is 18.2 Å². The second kappa shape index (κ2) is 5.49. The average Bonchev–Trinajstić information content (AvgIpc) is 2.92. The van der Waals surface area contributed by atoms with Gasteiger partial charge in [-0.15, -0.1) is 0 Å². The molecule has 0 atom stereocenters. The molecule has 7 heteroatoms. The molecule has 0 bridgehead atoms. The van der Waals surface area contributed by atoms with Crippen LogP contribution in [0.4, 0.5) is 4.79 Å². The third kappa shape index (κ3) is 2.94. The van der Waals surface area contributed by atoms with Gasteiger partial charge in [-0.25, -0.2) is 14.5 Å². The fraction of sp³-hybridized carbons (Fsp3) is 0.375. The molecule has 3 rings (SSSR count). The highest BCUT2D eigenvalue weighted by molar-refractivity contribution is 6.06. The zero-order valence-corrected chi connectivity index (χ0v) is 13.4. The largest absolute Gasteiger partial charge is 0.325 e. The molecular formula is C16H19N5O2. The van der Waals surface area contributed by atoms with E-state index in [2.05, 4.69) is 15.4 Å². The first kappa shape index (κ1) is 15.2. The van der Waals surface area contributed by atoms with Crippen LogP contribution in [0, 0.1) is 6.92 Å². The summed E-state index contributed by atoms with van der Waals surface area (Å²) in [7, 11) is 0. The highest BCUT2D eigenvalue weighted by Crippen LogP contribution is 2.19. The van der Waals surface area contributed by atoms with Crippen LogP contribution in [-0.4, -0.2) is 37.1 Å². The lowest BCUT2D eigenvalue weighted by molar-refractivity contribution is -0.130. The highest BCUT2D eigenvalue weighted by atomic mass is 16.2. The smallest absolute Gasteiger partial charge is 0.324 e. The molecular weight excluding hydrogens is 294 g/mol. The number of nitrogens with one attached hydrogen (secondary N) is 1. The van der Waals surface area contributed by atoms with Gasteiger partial charge in [0, 0.05) is 0 Å². The molecule has 1 aliphatic rings. The summed E-state index contributed by atoms with van der Waals surface area (Å²) in [5.74, 6) is 0.948. The molecule has 2 aromatic rings. The lowest BCUT2D eigenvalue weighted by atomic mass is 10.1. The Hall–Kier alpha value is -2.70. The number of amides is 3. The summed E-state index contributed by atoms with van der Waals surface area (Å²) in [5.41, 5.74) is 0.201. The highest BCUT2D eigenvalue weighted by Gasteiger charge is 2.44. The van der Waals surface area contributed by atoms with E-state index in [1.165, 1.54) is 4.90 Å². The summed E-state index contributed by atoms with van der Waals surface area (Å²) in [5, 5.41) is 7.04. The number of carbonyl (C=O) groups is 2. The summed E-state index contributed by atoms with van der Waals surface area (Å²) in [4.78, 5) is 29.9. The Bertz CT molecular complexity index is 751. The van der Waals surface area contributed by atoms with E-state index in [4.69, 9.17) is 0 Å². The van der Waals surface area contributed by atoms with Gasteiger partial charge >= 0.3 is 6.03 Å². The van der Waals surface area contributed by atoms with Gasteiger partial charge in [-0.2, -0.15) is 5.10 Å². The standard InChI is InChI=1S/C16H19N5O2/c1-11-17-13(10-20-14(22)16(2,3)18-15(20)23)21(19-11)9-12-7-5-4-6-8-12/h4-8H,9-10H2,1-3H3,(H,18,23). The molecule has 0 radical (unpaired) electrons. The number of benzene rings is 1. The predicted molar refractivity (Wildman–Crippen MR) is 83.5 cm³/mol. The van der Waals surface area contributed by atoms with Crippen LogP contribution in [0.3, 0.4) is 0 Å². The van der Waals surface area contributed by atoms with Crippen LogP contribution in [0.2, 0.25) is 0 Å². The third-order valence-electron chi connectivity index (χ3n) is 3.77. The van der Waals surface area contributed by atoms with Crippen molar-refractivity contribution in [2.24, 2.45) is 0 Å². The van der Waals surface area contributed by atoms with Gasteiger partial charge in [0.2, 0.25) is 0 Å². The van der Waals surface area contributed by atoms with Crippen LogP contribution < -0.4 is 5.32 Å². The van der Waals surface area contributed by atoms with Gasteiger partial charge in [0.05, 0.1) is 13.1 Å². The summed E-state index contributed by atoms with van der Waals surface area (Å²) >= 11 is 0. The Labute approximate surface area is 134 Å². The molecule has 0 saturated carbocycles. The molecule has 1 aromatic heterocycles. The minimum Gasteiger partial charge on any atom is -0.324 e. The number of rotatable bonds is 4. The monoisotopic (exact) mass is 313 g/mol. The van der Waals surface area contributed by atoms with Gasteiger partial charge in [-0.3, -0.25) is 9.69 Å². The molecule has 1 N–H and O–H groups in total. The number of hydrogen-bond acceptors (Lipinski definition) is 4. The number of urea groups is 1. The van der Waals surface area contributed by atoms with E-state index in [9.17, 15) is 9.59 Å². The van der Waals surface area contributed by atoms with Crippen molar-refractivity contribution in [2.45, 2.75) is 39.4 Å². The summed E-state index contributed by atoms with van der Waals surface area (Å²) < 4.78 is 1.73. The second-order valence-electron chi connectivity index (χ2n) is 6.16. The van der Waals surface area contributed by atoms with Gasteiger partial charge < -0.3 is 5.32 Å². The van der Waals surface area contributed by atoms with E-state index in [-0.39, 0.29) is 12.5 Å². The Balaban J connectivity index is 1.84. The first-order chi connectivity index (χ1) is 10.9. The van der Waals surface area contributed by atoms with Crippen LogP contribution >= 0.6 is 0 Å². The number of aryl methyl sites for hydroxylation is 1. The summed E-state index contributed by atoms with van der Waals surface area (Å²) in [6.07, 6.45) is 0. The lowest BCUT2D eigenvalue weighted by Gasteiger charge is -2.16. The summed E-state index contributed by atoms with van der Waals surface area (Å²) in [6, 6.07) is 9.46. The minimum absolute atomic E-state index is 0.113. The van der Waals surface area contributed by atoms with E-state index in [1.807, 2.05) is 30.3 Å². The SMILES string of the molecule is Cc1nc(CN2C(=O)NC(C)(C)C2=O)n(Cc2ccccc2)n1. The Morgan fingerprint density at radius 3 is 2.43 bits per heavy atom. The zero-order valence-electron chi connectivity index (χ0n) is 13.4. The summed E-state index contributed by atoms with van der Waals surface area (Å²) in [6.45, 7) is 5.83. The molecule has 0 spiro atoms. The molecule has 120 valence electrons. The van der Waals surface area contributed by atoms with Gasteiger partial charge in [0.15, 0.2) is 0 Å². The predicted octanol–water partition coefficient (Wildman–Crippen LogP) is 1.47. The van der Waals surface area contributed by atoms with Crippen molar-refractivity contribution in [2.75, 3.05) is 0 Å². The average molecular weight is 313 g/mol. The van der Waals surface area contributed by atoms with Gasteiger partial charge in [0.1, 0.15) is 17.2 Å². The molecule has 3 amide bonds. The fourth-order valence-corrected chi connectivity index (χ4v) is 2.60. The fourth-order valence-electron chi connectivity index (χ4n) is 2.60. The molecule has 1 aliphatic heterocycles. The molecule has 1 saturated heterocycles. The maximum Gasteiger partial charge on any atom is 0.325 e. The molecule has 7 nitrogen and oxygen atoms in total. The quantitative estimate of drug-likeness (QED) is 0.867. The molecule has 0 unspecified atom stereocenters. The normalized spacial score (nSPS) is 16.7.